The van der Waals surface area contributed by atoms with Crippen LogP contribution in [-0.4, -0.2) is 56.5 Å². The number of hydrogen-bond donors (Lipinski definition) is 4. The minimum absolute atomic E-state index is 0.0592. The second-order valence-corrected chi connectivity index (χ2v) is 6.57. The number of rotatable bonds is 14. The van der Waals surface area contributed by atoms with E-state index in [-0.39, 0.29) is 5.84 Å². The monoisotopic (exact) mass is 397 g/mol. The molecular weight excluding hydrogens is 366 g/mol. The van der Waals surface area contributed by atoms with E-state index in [9.17, 15) is 0 Å². The van der Waals surface area contributed by atoms with Crippen LogP contribution in [0.25, 0.3) is 0 Å². The third-order valence-corrected chi connectivity index (χ3v) is 4.43. The van der Waals surface area contributed by atoms with Gasteiger partial charge in [0.2, 0.25) is 0 Å². The Kier molecular flexibility index (Phi) is 9.68. The van der Waals surface area contributed by atoms with Crippen LogP contribution in [0.15, 0.2) is 48.5 Å². The molecule has 0 radical (unpaired) electrons. The molecule has 0 spiro atoms. The Hall–Kier alpha value is -2.90. The number of nitrogen functional groups attached to an aromatic ring is 1. The van der Waals surface area contributed by atoms with Crippen LogP contribution < -0.4 is 20.5 Å². The van der Waals surface area contributed by atoms with Gasteiger partial charge in [-0.3, -0.25) is 10.3 Å². The third kappa shape index (κ3) is 8.33. The molecule has 0 amide bonds. The molecule has 0 atom stereocenters. The third-order valence-electron chi connectivity index (χ3n) is 4.43. The number of nitrogens with zero attached hydrogens (tertiary/aromatic N) is 1. The van der Waals surface area contributed by atoms with Crippen molar-refractivity contribution in [1.82, 2.24) is 10.2 Å². The van der Waals surface area contributed by atoms with Gasteiger partial charge in [-0.25, -0.2) is 0 Å². The van der Waals surface area contributed by atoms with Crippen molar-refractivity contribution < 1.29 is 9.47 Å². The molecule has 0 aliphatic rings. The highest BCUT2D eigenvalue weighted by Gasteiger charge is 2.03. The molecule has 0 aliphatic carbocycles. The first-order chi connectivity index (χ1) is 14.1. The van der Waals surface area contributed by atoms with E-state index in [1.54, 1.807) is 12.1 Å². The summed E-state index contributed by atoms with van der Waals surface area (Å²) in [6.45, 7) is 6.86. The quantitative estimate of drug-likeness (QED) is 0.170. The summed E-state index contributed by atoms with van der Waals surface area (Å²) < 4.78 is 11.4. The molecule has 7 heteroatoms. The van der Waals surface area contributed by atoms with E-state index in [1.807, 2.05) is 36.4 Å². The number of hydrogen-bond acceptors (Lipinski definition) is 6. The first-order valence-electron chi connectivity index (χ1n) is 9.86. The first kappa shape index (κ1) is 22.4. The second kappa shape index (κ2) is 12.5. The maximum absolute atomic E-state index is 7.38. The molecule has 0 heterocycles. The van der Waals surface area contributed by atoms with Crippen LogP contribution in [-0.2, 0) is 0 Å². The Morgan fingerprint density at radius 2 is 1.66 bits per heavy atom. The van der Waals surface area contributed by atoms with E-state index in [0.29, 0.717) is 18.8 Å². The Morgan fingerprint density at radius 3 is 2.24 bits per heavy atom. The topological polar surface area (TPSA) is 107 Å². The summed E-state index contributed by atoms with van der Waals surface area (Å²) in [5.74, 6) is 1.67. The van der Waals surface area contributed by atoms with E-state index >= 15 is 0 Å². The van der Waals surface area contributed by atoms with E-state index in [0.717, 1.165) is 49.8 Å². The molecule has 0 aliphatic heterocycles. The fraction of sp³-hybridized carbons (Fsp3) is 0.364. The minimum atomic E-state index is 0.0592. The number of nitrogens with one attached hydrogen (secondary N) is 3. The van der Waals surface area contributed by atoms with Crippen LogP contribution in [0.2, 0.25) is 0 Å². The Morgan fingerprint density at radius 1 is 1.03 bits per heavy atom. The van der Waals surface area contributed by atoms with Crippen LogP contribution >= 0.6 is 0 Å². The number of benzene rings is 2. The summed E-state index contributed by atoms with van der Waals surface area (Å²) in [5, 5.41) is 18.0. The Labute approximate surface area is 172 Å². The van der Waals surface area contributed by atoms with Crippen molar-refractivity contribution >= 4 is 12.1 Å². The summed E-state index contributed by atoms with van der Waals surface area (Å²) in [5.41, 5.74) is 7.01. The van der Waals surface area contributed by atoms with Crippen LogP contribution in [0.3, 0.4) is 0 Å². The van der Waals surface area contributed by atoms with Crippen molar-refractivity contribution in [2.75, 3.05) is 39.5 Å². The molecule has 29 heavy (non-hydrogen) atoms. The lowest BCUT2D eigenvalue weighted by Gasteiger charge is -2.21. The predicted molar refractivity (Wildman–Crippen MR) is 118 cm³/mol. The van der Waals surface area contributed by atoms with Gasteiger partial charge >= 0.3 is 0 Å². The Balaban J connectivity index is 1.56. The van der Waals surface area contributed by atoms with Gasteiger partial charge in [-0.1, -0.05) is 6.92 Å². The molecule has 2 aromatic rings. The number of ether oxygens (including phenoxy) is 2. The van der Waals surface area contributed by atoms with Gasteiger partial charge < -0.3 is 25.9 Å². The molecule has 0 aromatic heterocycles. The van der Waals surface area contributed by atoms with Gasteiger partial charge in [0, 0.05) is 31.5 Å². The van der Waals surface area contributed by atoms with Crippen molar-refractivity contribution in [3.8, 4) is 11.5 Å². The molecule has 0 saturated carbocycles. The normalized spacial score (nSPS) is 10.7. The zero-order valence-electron chi connectivity index (χ0n) is 17.0. The lowest BCUT2D eigenvalue weighted by atomic mass is 10.2. The minimum Gasteiger partial charge on any atom is -0.494 e. The average molecular weight is 398 g/mol. The molecule has 2 aromatic carbocycles. The molecule has 0 unspecified atom stereocenters. The van der Waals surface area contributed by atoms with Crippen molar-refractivity contribution in [3.63, 3.8) is 0 Å². The molecule has 0 fully saturated rings. The highest BCUT2D eigenvalue weighted by Crippen LogP contribution is 2.12. The fourth-order valence-electron chi connectivity index (χ4n) is 2.70. The second-order valence-electron chi connectivity index (χ2n) is 6.57. The van der Waals surface area contributed by atoms with Crippen molar-refractivity contribution in [1.29, 1.82) is 10.8 Å². The Bertz CT molecular complexity index is 747. The molecule has 2 rings (SSSR count). The molecule has 7 nitrogen and oxygen atoms in total. The highest BCUT2D eigenvalue weighted by molar-refractivity contribution is 5.94. The van der Waals surface area contributed by atoms with E-state index in [4.69, 9.17) is 26.0 Å². The van der Waals surface area contributed by atoms with E-state index in [1.165, 1.54) is 6.21 Å². The van der Waals surface area contributed by atoms with Gasteiger partial charge in [0.05, 0.1) is 6.61 Å². The van der Waals surface area contributed by atoms with Gasteiger partial charge in [0.1, 0.15) is 23.9 Å². The molecule has 0 saturated heterocycles. The highest BCUT2D eigenvalue weighted by atomic mass is 16.5. The summed E-state index contributed by atoms with van der Waals surface area (Å²) in [7, 11) is 0. The van der Waals surface area contributed by atoms with Crippen molar-refractivity contribution in [2.45, 2.75) is 13.3 Å². The summed E-state index contributed by atoms with van der Waals surface area (Å²) in [6, 6.07) is 14.8. The smallest absolute Gasteiger partial charge is 0.122 e. The van der Waals surface area contributed by atoms with Gasteiger partial charge in [-0.05, 0) is 67.1 Å². The molecule has 0 bridgehead atoms. The van der Waals surface area contributed by atoms with Gasteiger partial charge in [-0.2, -0.15) is 0 Å². The maximum Gasteiger partial charge on any atom is 0.122 e. The lowest BCUT2D eigenvalue weighted by Crippen LogP contribution is -2.37. The number of amidine groups is 1. The summed E-state index contributed by atoms with van der Waals surface area (Å²) in [4.78, 5) is 2.32. The van der Waals surface area contributed by atoms with Crippen molar-refractivity contribution in [2.24, 2.45) is 5.73 Å². The standard InChI is InChI=1S/C22H31N5O2/c1-2-27(13-3-14-28-20-8-4-18(16-23)5-9-20)17-26-12-15-29-21-10-6-19(7-11-21)22(24)25/h4-11,16,23,26H,2-3,12-15,17H2,1H3,(H3,24,25). The van der Waals surface area contributed by atoms with Gasteiger partial charge in [0.15, 0.2) is 0 Å². The van der Waals surface area contributed by atoms with Gasteiger partial charge in [0.25, 0.3) is 0 Å². The zero-order valence-corrected chi connectivity index (χ0v) is 17.0. The van der Waals surface area contributed by atoms with Crippen LogP contribution in [0.4, 0.5) is 0 Å². The van der Waals surface area contributed by atoms with Crippen molar-refractivity contribution in [3.05, 3.63) is 59.7 Å². The summed E-state index contributed by atoms with van der Waals surface area (Å²) >= 11 is 0. The van der Waals surface area contributed by atoms with E-state index < -0.39 is 0 Å². The van der Waals surface area contributed by atoms with Gasteiger partial charge in [-0.15, -0.1) is 0 Å². The zero-order chi connectivity index (χ0) is 20.9. The van der Waals surface area contributed by atoms with Crippen LogP contribution in [0.5, 0.6) is 11.5 Å². The largest absolute Gasteiger partial charge is 0.494 e. The number of nitrogens with two attached hydrogens (primary N) is 1. The molecule has 5 N–H and O–H groups in total. The average Bonchev–Trinajstić information content (AvgIpc) is 2.75. The van der Waals surface area contributed by atoms with Crippen LogP contribution in [0, 0.1) is 10.8 Å². The SMILES string of the molecule is CCN(CCCOc1ccc(C=N)cc1)CNCCOc1ccc(C(=N)N)cc1. The van der Waals surface area contributed by atoms with E-state index in [2.05, 4.69) is 17.1 Å². The summed E-state index contributed by atoms with van der Waals surface area (Å²) in [6.07, 6.45) is 2.27. The van der Waals surface area contributed by atoms with Crippen LogP contribution in [0.1, 0.15) is 24.5 Å². The molecular formula is C22H31N5O2. The predicted octanol–water partition coefficient (Wildman–Crippen LogP) is 2.69. The lowest BCUT2D eigenvalue weighted by molar-refractivity contribution is 0.221. The molecule has 156 valence electrons. The first-order valence-corrected chi connectivity index (χ1v) is 9.86. The maximum atomic E-state index is 7.38. The fourth-order valence-corrected chi connectivity index (χ4v) is 2.70.